The number of nitrogens with one attached hydrogen (secondary N) is 2. The van der Waals surface area contributed by atoms with Crippen molar-refractivity contribution in [3.8, 4) is 0 Å². The molecular formula is C13H19F2N3. The van der Waals surface area contributed by atoms with Crippen molar-refractivity contribution >= 4 is 0 Å². The van der Waals surface area contributed by atoms with Gasteiger partial charge in [-0.3, -0.25) is 0 Å². The number of hydrogen-bond donors (Lipinski definition) is 3. The van der Waals surface area contributed by atoms with Gasteiger partial charge in [-0.2, -0.15) is 0 Å². The van der Waals surface area contributed by atoms with Crippen molar-refractivity contribution in [3.63, 3.8) is 0 Å². The second-order valence-electron chi connectivity index (χ2n) is 5.22. The Hall–Kier alpha value is -1.04. The summed E-state index contributed by atoms with van der Waals surface area (Å²) in [5.41, 5.74) is 11.8. The maximum Gasteiger partial charge on any atom is 0.130 e. The largest absolute Gasteiger partial charge is 0.315 e. The van der Waals surface area contributed by atoms with Gasteiger partial charge in [-0.05, 0) is 24.5 Å². The summed E-state index contributed by atoms with van der Waals surface area (Å²) in [7, 11) is 0. The molecule has 1 aliphatic rings. The molecule has 0 aliphatic carbocycles. The predicted octanol–water partition coefficient (Wildman–Crippen LogP) is 2.06. The maximum atomic E-state index is 13.8. The Kier molecular flexibility index (Phi) is 3.94. The normalized spacial score (nSPS) is 28.0. The number of rotatable bonds is 3. The zero-order valence-corrected chi connectivity index (χ0v) is 10.6. The molecule has 0 aromatic heterocycles. The van der Waals surface area contributed by atoms with E-state index in [0.29, 0.717) is 5.92 Å². The quantitative estimate of drug-likeness (QED) is 0.775. The molecule has 1 heterocycles. The first-order chi connectivity index (χ1) is 8.50. The van der Waals surface area contributed by atoms with Crippen molar-refractivity contribution in [2.45, 2.75) is 32.5 Å². The monoisotopic (exact) mass is 255 g/mol. The molecule has 5 heteroatoms. The lowest BCUT2D eigenvalue weighted by Gasteiger charge is -2.23. The molecule has 18 heavy (non-hydrogen) atoms. The van der Waals surface area contributed by atoms with Crippen molar-refractivity contribution in [1.29, 1.82) is 0 Å². The van der Waals surface area contributed by atoms with E-state index in [4.69, 9.17) is 5.73 Å². The molecule has 0 amide bonds. The van der Waals surface area contributed by atoms with Crippen LogP contribution in [0.1, 0.15) is 31.9 Å². The lowest BCUT2D eigenvalue weighted by Crippen LogP contribution is -2.39. The van der Waals surface area contributed by atoms with E-state index in [1.807, 2.05) is 0 Å². The zero-order chi connectivity index (χ0) is 13.3. The number of benzene rings is 1. The average molecular weight is 255 g/mol. The van der Waals surface area contributed by atoms with E-state index >= 15 is 0 Å². The Morgan fingerprint density at radius 1 is 1.22 bits per heavy atom. The molecular weight excluding hydrogens is 236 g/mol. The van der Waals surface area contributed by atoms with E-state index < -0.39 is 17.7 Å². The summed E-state index contributed by atoms with van der Waals surface area (Å²) in [5.74, 6) is -0.675. The van der Waals surface area contributed by atoms with Crippen LogP contribution < -0.4 is 16.6 Å². The van der Waals surface area contributed by atoms with Gasteiger partial charge in [-0.25, -0.2) is 19.6 Å². The van der Waals surface area contributed by atoms with Crippen LogP contribution >= 0.6 is 0 Å². The molecule has 1 aliphatic heterocycles. The molecule has 3 unspecified atom stereocenters. The number of hydrogen-bond acceptors (Lipinski definition) is 3. The molecule has 0 bridgehead atoms. The van der Waals surface area contributed by atoms with E-state index in [-0.39, 0.29) is 17.6 Å². The van der Waals surface area contributed by atoms with Crippen molar-refractivity contribution < 1.29 is 8.78 Å². The van der Waals surface area contributed by atoms with Crippen LogP contribution in [0.5, 0.6) is 0 Å². The molecule has 100 valence electrons. The van der Waals surface area contributed by atoms with E-state index in [0.717, 1.165) is 6.42 Å². The molecule has 1 aromatic carbocycles. The minimum Gasteiger partial charge on any atom is -0.315 e. The van der Waals surface area contributed by atoms with Gasteiger partial charge in [0, 0.05) is 11.5 Å². The second-order valence-corrected chi connectivity index (χ2v) is 5.22. The van der Waals surface area contributed by atoms with E-state index in [1.54, 1.807) is 0 Å². The van der Waals surface area contributed by atoms with Crippen LogP contribution in [0.15, 0.2) is 18.2 Å². The van der Waals surface area contributed by atoms with Crippen LogP contribution in [0.3, 0.4) is 0 Å². The molecule has 2 rings (SSSR count). The van der Waals surface area contributed by atoms with Gasteiger partial charge < -0.3 is 5.73 Å². The summed E-state index contributed by atoms with van der Waals surface area (Å²) in [6, 6.07) is 3.49. The minimum absolute atomic E-state index is 0.0311. The predicted molar refractivity (Wildman–Crippen MR) is 66.3 cm³/mol. The van der Waals surface area contributed by atoms with Crippen molar-refractivity contribution in [3.05, 3.63) is 35.4 Å². The lowest BCUT2D eigenvalue weighted by atomic mass is 9.86. The van der Waals surface area contributed by atoms with Gasteiger partial charge in [-0.1, -0.05) is 19.9 Å². The summed E-state index contributed by atoms with van der Waals surface area (Å²) in [5, 5.41) is 0. The summed E-state index contributed by atoms with van der Waals surface area (Å²) in [6.45, 7) is 4.14. The third-order valence-corrected chi connectivity index (χ3v) is 3.35. The van der Waals surface area contributed by atoms with Crippen molar-refractivity contribution in [2.24, 2.45) is 17.6 Å². The molecule has 3 atom stereocenters. The Labute approximate surface area is 106 Å². The Morgan fingerprint density at radius 2 is 1.83 bits per heavy atom. The van der Waals surface area contributed by atoms with Crippen LogP contribution in [0.25, 0.3) is 0 Å². The zero-order valence-electron chi connectivity index (χ0n) is 10.6. The molecule has 0 radical (unpaired) electrons. The topological polar surface area (TPSA) is 50.1 Å². The van der Waals surface area contributed by atoms with Crippen molar-refractivity contribution in [2.75, 3.05) is 0 Å². The summed E-state index contributed by atoms with van der Waals surface area (Å²) >= 11 is 0. The smallest absolute Gasteiger partial charge is 0.130 e. The fourth-order valence-corrected chi connectivity index (χ4v) is 2.53. The van der Waals surface area contributed by atoms with E-state index in [1.165, 1.54) is 18.2 Å². The van der Waals surface area contributed by atoms with Crippen LogP contribution in [-0.2, 0) is 0 Å². The number of nitrogens with two attached hydrogens (primary N) is 1. The Balaban J connectivity index is 2.31. The lowest BCUT2D eigenvalue weighted by molar-refractivity contribution is 0.333. The highest BCUT2D eigenvalue weighted by atomic mass is 19.1. The highest BCUT2D eigenvalue weighted by Crippen LogP contribution is 2.34. The maximum absolute atomic E-state index is 13.8. The summed E-state index contributed by atoms with van der Waals surface area (Å²) < 4.78 is 27.6. The van der Waals surface area contributed by atoms with Gasteiger partial charge in [0.2, 0.25) is 0 Å². The van der Waals surface area contributed by atoms with Crippen LogP contribution in [0, 0.1) is 23.5 Å². The van der Waals surface area contributed by atoms with Crippen LogP contribution in [-0.4, -0.2) is 6.17 Å². The first-order valence-corrected chi connectivity index (χ1v) is 6.21. The SMILES string of the molecule is CC(C)CC1C(N)NNC1c1c(F)cccc1F. The highest BCUT2D eigenvalue weighted by Gasteiger charge is 2.37. The minimum atomic E-state index is -0.530. The summed E-state index contributed by atoms with van der Waals surface area (Å²) in [4.78, 5) is 0. The van der Waals surface area contributed by atoms with Crippen LogP contribution in [0.4, 0.5) is 8.78 Å². The molecule has 1 aromatic rings. The van der Waals surface area contributed by atoms with Crippen LogP contribution in [0.2, 0.25) is 0 Å². The average Bonchev–Trinajstić information content (AvgIpc) is 2.61. The molecule has 1 fully saturated rings. The van der Waals surface area contributed by atoms with Crippen molar-refractivity contribution in [1.82, 2.24) is 10.9 Å². The van der Waals surface area contributed by atoms with E-state index in [9.17, 15) is 8.78 Å². The Bertz CT molecular complexity index is 402. The number of halogens is 2. The highest BCUT2D eigenvalue weighted by molar-refractivity contribution is 5.25. The van der Waals surface area contributed by atoms with Gasteiger partial charge >= 0.3 is 0 Å². The third-order valence-electron chi connectivity index (χ3n) is 3.35. The molecule has 4 N–H and O–H groups in total. The molecule has 0 spiro atoms. The molecule has 3 nitrogen and oxygen atoms in total. The standard InChI is InChI=1S/C13H19F2N3/c1-7(2)6-8-12(17-18-13(8)16)11-9(14)4-3-5-10(11)15/h3-5,7-8,12-13,17-18H,6,16H2,1-2H3. The molecule has 1 saturated heterocycles. The number of hydrazine groups is 1. The fourth-order valence-electron chi connectivity index (χ4n) is 2.53. The first kappa shape index (κ1) is 13.4. The second kappa shape index (κ2) is 5.30. The van der Waals surface area contributed by atoms with E-state index in [2.05, 4.69) is 24.7 Å². The van der Waals surface area contributed by atoms with Gasteiger partial charge in [0.05, 0.1) is 12.2 Å². The van der Waals surface area contributed by atoms with Gasteiger partial charge in [-0.15, -0.1) is 0 Å². The fraction of sp³-hybridized carbons (Fsp3) is 0.538. The first-order valence-electron chi connectivity index (χ1n) is 6.21. The Morgan fingerprint density at radius 3 is 2.39 bits per heavy atom. The third kappa shape index (κ3) is 2.53. The van der Waals surface area contributed by atoms with Gasteiger partial charge in [0.25, 0.3) is 0 Å². The summed E-state index contributed by atoms with van der Waals surface area (Å²) in [6.07, 6.45) is 0.510. The van der Waals surface area contributed by atoms with Gasteiger partial charge in [0.1, 0.15) is 11.6 Å². The molecule has 0 saturated carbocycles. The van der Waals surface area contributed by atoms with Gasteiger partial charge in [0.15, 0.2) is 0 Å².